The molecule has 1 unspecified atom stereocenters. The first-order valence-electron chi connectivity index (χ1n) is 10.2. The van der Waals surface area contributed by atoms with Gasteiger partial charge in [0.2, 0.25) is 0 Å². The summed E-state index contributed by atoms with van der Waals surface area (Å²) in [6, 6.07) is 8.69. The number of hydrogen-bond acceptors (Lipinski definition) is 7. The molecule has 164 valence electrons. The average molecular weight is 443 g/mol. The van der Waals surface area contributed by atoms with E-state index in [1.54, 1.807) is 47.6 Å². The Labute approximate surface area is 185 Å². The number of thiophene rings is 1. The molecule has 0 N–H and O–H groups in total. The largest absolute Gasteiger partial charge is 0.489 e. The molecule has 31 heavy (non-hydrogen) atoms. The van der Waals surface area contributed by atoms with Gasteiger partial charge in [-0.15, -0.1) is 16.1 Å². The minimum absolute atomic E-state index is 0.0600. The van der Waals surface area contributed by atoms with Crippen molar-refractivity contribution in [2.24, 2.45) is 0 Å². The Balaban J connectivity index is 0.00000132. The van der Waals surface area contributed by atoms with Gasteiger partial charge < -0.3 is 14.4 Å². The number of piperidine rings is 1. The highest BCUT2D eigenvalue weighted by Crippen LogP contribution is 2.25. The third-order valence-electron chi connectivity index (χ3n) is 4.70. The summed E-state index contributed by atoms with van der Waals surface area (Å²) in [5, 5.41) is 10.8. The molecular formula is C22H26N4O4S. The molecule has 8 nitrogen and oxygen atoms in total. The van der Waals surface area contributed by atoms with E-state index in [4.69, 9.17) is 9.47 Å². The van der Waals surface area contributed by atoms with Crippen molar-refractivity contribution < 1.29 is 19.1 Å². The molecule has 0 bridgehead atoms. The number of likely N-dealkylation sites (tertiary alicyclic amines) is 1. The van der Waals surface area contributed by atoms with Gasteiger partial charge in [-0.05, 0) is 42.5 Å². The van der Waals surface area contributed by atoms with Crippen LogP contribution >= 0.6 is 11.3 Å². The van der Waals surface area contributed by atoms with Gasteiger partial charge in [-0.2, -0.15) is 10.2 Å². The minimum atomic E-state index is -0.409. The highest BCUT2D eigenvalue weighted by atomic mass is 32.1. The van der Waals surface area contributed by atoms with Gasteiger partial charge >= 0.3 is 5.97 Å². The molecule has 1 aliphatic heterocycles. The second kappa shape index (κ2) is 10.7. The Morgan fingerprint density at radius 3 is 2.68 bits per heavy atom. The van der Waals surface area contributed by atoms with Crippen molar-refractivity contribution >= 4 is 23.2 Å². The lowest BCUT2D eigenvalue weighted by atomic mass is 10.1. The molecule has 2 aromatic heterocycles. The number of carbonyl (C=O) groups excluding carboxylic acids is 2. The van der Waals surface area contributed by atoms with Crippen molar-refractivity contribution in [2.75, 3.05) is 20.2 Å². The van der Waals surface area contributed by atoms with Gasteiger partial charge in [-0.1, -0.05) is 19.9 Å². The smallest absolute Gasteiger partial charge is 0.337 e. The topological polar surface area (TPSA) is 86.5 Å². The molecule has 1 amide bonds. The van der Waals surface area contributed by atoms with Crippen molar-refractivity contribution in [1.29, 1.82) is 0 Å². The zero-order valence-electron chi connectivity index (χ0n) is 17.9. The normalized spacial score (nSPS) is 15.6. The first-order valence-corrected chi connectivity index (χ1v) is 11.1. The number of benzene rings is 1. The number of carbonyl (C=O) groups is 2. The van der Waals surface area contributed by atoms with Crippen LogP contribution in [0.1, 0.15) is 47.4 Å². The molecule has 1 fully saturated rings. The molecule has 0 spiro atoms. The SMILES string of the molecule is CC.COC(=O)c1cccc(OC2CCCN(C(=O)c3ccsc3-n3nccn3)C2)c1. The van der Waals surface area contributed by atoms with Crippen LogP contribution in [0.3, 0.4) is 0 Å². The van der Waals surface area contributed by atoms with E-state index in [0.29, 0.717) is 35.0 Å². The maximum atomic E-state index is 13.1. The van der Waals surface area contributed by atoms with Crippen molar-refractivity contribution in [1.82, 2.24) is 19.9 Å². The van der Waals surface area contributed by atoms with Crippen LogP contribution < -0.4 is 4.74 Å². The van der Waals surface area contributed by atoms with Gasteiger partial charge in [-0.3, -0.25) is 4.79 Å². The summed E-state index contributed by atoms with van der Waals surface area (Å²) in [6.45, 7) is 5.14. The molecule has 1 aromatic carbocycles. The van der Waals surface area contributed by atoms with Gasteiger partial charge in [0.25, 0.3) is 5.91 Å². The number of nitrogens with zero attached hydrogens (tertiary/aromatic N) is 4. The van der Waals surface area contributed by atoms with E-state index in [-0.39, 0.29) is 12.0 Å². The van der Waals surface area contributed by atoms with Gasteiger partial charge in [0.15, 0.2) is 5.00 Å². The monoisotopic (exact) mass is 442 g/mol. The number of methoxy groups -OCH3 is 1. The lowest BCUT2D eigenvalue weighted by molar-refractivity contribution is 0.0537. The highest BCUT2D eigenvalue weighted by molar-refractivity contribution is 7.12. The standard InChI is InChI=1S/C20H20N4O4S.C2H6/c1-27-20(26)14-4-2-5-15(12-14)28-16-6-3-10-23(13-16)18(25)17-7-11-29-19(17)24-21-8-9-22-24;1-2/h2,4-5,7-9,11-12,16H,3,6,10,13H2,1H3;1-2H3. The molecule has 3 aromatic rings. The van der Waals surface area contributed by atoms with E-state index in [9.17, 15) is 9.59 Å². The van der Waals surface area contributed by atoms with Crippen LogP contribution in [0.5, 0.6) is 5.75 Å². The van der Waals surface area contributed by atoms with Crippen molar-refractivity contribution in [3.8, 4) is 10.8 Å². The molecule has 1 atom stereocenters. The average Bonchev–Trinajstić information content (AvgIpc) is 3.51. The van der Waals surface area contributed by atoms with E-state index in [0.717, 1.165) is 12.8 Å². The van der Waals surface area contributed by atoms with E-state index >= 15 is 0 Å². The van der Waals surface area contributed by atoms with Gasteiger partial charge in [0.05, 0.1) is 37.2 Å². The molecule has 0 aliphatic carbocycles. The van der Waals surface area contributed by atoms with Gasteiger partial charge in [0, 0.05) is 6.54 Å². The van der Waals surface area contributed by atoms with E-state index in [2.05, 4.69) is 10.2 Å². The van der Waals surface area contributed by atoms with Crippen molar-refractivity contribution in [2.45, 2.75) is 32.8 Å². The predicted octanol–water partition coefficient (Wildman–Crippen LogP) is 3.83. The Hall–Kier alpha value is -3.20. The number of ether oxygens (including phenoxy) is 2. The number of rotatable bonds is 5. The number of hydrogen-bond donors (Lipinski definition) is 0. The van der Waals surface area contributed by atoms with Crippen molar-refractivity contribution in [3.63, 3.8) is 0 Å². The number of aromatic nitrogens is 3. The van der Waals surface area contributed by atoms with Crippen molar-refractivity contribution in [3.05, 3.63) is 59.2 Å². The molecule has 4 rings (SSSR count). The second-order valence-corrected chi connectivity index (χ2v) is 7.51. The van der Waals surface area contributed by atoms with Crippen LogP contribution in [0, 0.1) is 0 Å². The zero-order valence-corrected chi connectivity index (χ0v) is 18.7. The summed E-state index contributed by atoms with van der Waals surface area (Å²) < 4.78 is 10.8. The van der Waals surface area contributed by atoms with Crippen LogP contribution in [0.4, 0.5) is 0 Å². The van der Waals surface area contributed by atoms with E-state index in [1.165, 1.54) is 23.2 Å². The summed E-state index contributed by atoms with van der Waals surface area (Å²) in [6.07, 6.45) is 4.70. The van der Waals surface area contributed by atoms with Gasteiger partial charge in [0.1, 0.15) is 11.9 Å². The van der Waals surface area contributed by atoms with Crippen LogP contribution in [0.25, 0.3) is 5.00 Å². The minimum Gasteiger partial charge on any atom is -0.489 e. The first kappa shape index (κ1) is 22.5. The summed E-state index contributed by atoms with van der Waals surface area (Å²) in [7, 11) is 1.35. The number of amides is 1. The fourth-order valence-electron chi connectivity index (χ4n) is 3.34. The molecule has 1 saturated heterocycles. The summed E-state index contributed by atoms with van der Waals surface area (Å²) in [5.74, 6) is 0.118. The van der Waals surface area contributed by atoms with Crippen LogP contribution in [0.15, 0.2) is 48.1 Å². The summed E-state index contributed by atoms with van der Waals surface area (Å²) in [4.78, 5) is 28.1. The maximum Gasteiger partial charge on any atom is 0.337 e. The van der Waals surface area contributed by atoms with E-state index < -0.39 is 5.97 Å². The lowest BCUT2D eigenvalue weighted by Crippen LogP contribution is -2.44. The third-order valence-corrected chi connectivity index (χ3v) is 5.58. The Bertz CT molecular complexity index is 1000. The van der Waals surface area contributed by atoms with Gasteiger partial charge in [-0.25, -0.2) is 4.79 Å². The Kier molecular flexibility index (Phi) is 7.77. The summed E-state index contributed by atoms with van der Waals surface area (Å²) in [5.41, 5.74) is 1.02. The molecule has 0 radical (unpaired) electrons. The predicted molar refractivity (Wildman–Crippen MR) is 118 cm³/mol. The Morgan fingerprint density at radius 2 is 1.94 bits per heavy atom. The molecular weight excluding hydrogens is 416 g/mol. The zero-order chi connectivity index (χ0) is 22.2. The highest BCUT2D eigenvalue weighted by Gasteiger charge is 2.28. The molecule has 1 aliphatic rings. The Morgan fingerprint density at radius 1 is 1.16 bits per heavy atom. The maximum absolute atomic E-state index is 13.1. The fraction of sp³-hybridized carbons (Fsp3) is 0.364. The van der Waals surface area contributed by atoms with Crippen LogP contribution in [0.2, 0.25) is 0 Å². The third kappa shape index (κ3) is 5.29. The van der Waals surface area contributed by atoms with Crippen LogP contribution in [-0.4, -0.2) is 58.1 Å². The summed E-state index contributed by atoms with van der Waals surface area (Å²) >= 11 is 1.42. The molecule has 9 heteroatoms. The quantitative estimate of drug-likeness (QED) is 0.558. The second-order valence-electron chi connectivity index (χ2n) is 6.61. The first-order chi connectivity index (χ1) is 15.2. The molecule has 3 heterocycles. The molecule has 0 saturated carbocycles. The fourth-order valence-corrected chi connectivity index (χ4v) is 4.14. The lowest BCUT2D eigenvalue weighted by Gasteiger charge is -2.33. The van der Waals surface area contributed by atoms with E-state index in [1.807, 2.05) is 19.2 Å². The number of esters is 1. The van der Waals surface area contributed by atoms with Crippen LogP contribution in [-0.2, 0) is 4.74 Å².